The van der Waals surface area contributed by atoms with E-state index in [2.05, 4.69) is 15.1 Å². The van der Waals surface area contributed by atoms with E-state index >= 15 is 0 Å². The predicted octanol–water partition coefficient (Wildman–Crippen LogP) is 0.974. The van der Waals surface area contributed by atoms with Crippen molar-refractivity contribution >= 4 is 0 Å². The van der Waals surface area contributed by atoms with Gasteiger partial charge in [-0.3, -0.25) is 0 Å². The predicted molar refractivity (Wildman–Crippen MR) is 47.0 cm³/mol. The van der Waals surface area contributed by atoms with Crippen molar-refractivity contribution in [1.82, 2.24) is 19.7 Å². The highest BCUT2D eigenvalue weighted by Crippen LogP contribution is 2.28. The number of alkyl halides is 3. The van der Waals surface area contributed by atoms with Crippen LogP contribution in [0.15, 0.2) is 29.5 Å². The van der Waals surface area contributed by atoms with Gasteiger partial charge in [-0.1, -0.05) is 0 Å². The highest BCUT2D eigenvalue weighted by molar-refractivity contribution is 5.25. The lowest BCUT2D eigenvalue weighted by molar-refractivity contribution is -0.137. The summed E-state index contributed by atoms with van der Waals surface area (Å²) in [6, 6.07) is 2.01. The van der Waals surface area contributed by atoms with Crippen LogP contribution in [-0.4, -0.2) is 19.7 Å². The second-order valence-electron chi connectivity index (χ2n) is 2.93. The summed E-state index contributed by atoms with van der Waals surface area (Å²) >= 11 is 0. The maximum absolute atomic E-state index is 12.2. The van der Waals surface area contributed by atoms with Crippen LogP contribution < -0.4 is 5.69 Å². The molecule has 0 saturated heterocycles. The Morgan fingerprint density at radius 2 is 2.00 bits per heavy atom. The SMILES string of the molecule is O=c1ncn(-c2ccc(C(F)(F)F)cn2)[nH]1. The zero-order valence-corrected chi connectivity index (χ0v) is 7.69. The van der Waals surface area contributed by atoms with Crippen LogP contribution in [0.5, 0.6) is 0 Å². The van der Waals surface area contributed by atoms with Crippen molar-refractivity contribution in [3.05, 3.63) is 40.7 Å². The summed E-state index contributed by atoms with van der Waals surface area (Å²) in [5.41, 5.74) is -1.44. The van der Waals surface area contributed by atoms with Gasteiger partial charge >= 0.3 is 11.9 Å². The van der Waals surface area contributed by atoms with E-state index in [1.54, 1.807) is 0 Å². The molecule has 2 rings (SSSR count). The van der Waals surface area contributed by atoms with E-state index < -0.39 is 17.4 Å². The van der Waals surface area contributed by atoms with Gasteiger partial charge in [-0.05, 0) is 12.1 Å². The topological polar surface area (TPSA) is 63.6 Å². The number of nitrogens with zero attached hydrogens (tertiary/aromatic N) is 3. The number of hydrogen-bond acceptors (Lipinski definition) is 3. The lowest BCUT2D eigenvalue weighted by Gasteiger charge is -2.06. The molecule has 0 amide bonds. The first-order valence-electron chi connectivity index (χ1n) is 4.14. The smallest absolute Gasteiger partial charge is 0.244 e. The average molecular weight is 230 g/mol. The van der Waals surface area contributed by atoms with Gasteiger partial charge in [-0.25, -0.2) is 19.6 Å². The fraction of sp³-hybridized carbons (Fsp3) is 0.125. The summed E-state index contributed by atoms with van der Waals surface area (Å²) in [5.74, 6) is 0.155. The molecule has 0 aliphatic heterocycles. The number of rotatable bonds is 1. The molecule has 8 heteroatoms. The van der Waals surface area contributed by atoms with Crippen molar-refractivity contribution in [2.24, 2.45) is 0 Å². The number of pyridine rings is 1. The summed E-state index contributed by atoms with van der Waals surface area (Å²) in [7, 11) is 0. The van der Waals surface area contributed by atoms with Gasteiger partial charge in [0.25, 0.3) is 0 Å². The Balaban J connectivity index is 2.36. The summed E-state index contributed by atoms with van der Waals surface area (Å²) < 4.78 is 37.8. The number of aromatic nitrogens is 4. The highest BCUT2D eigenvalue weighted by Gasteiger charge is 2.30. The van der Waals surface area contributed by atoms with E-state index in [1.807, 2.05) is 0 Å². The van der Waals surface area contributed by atoms with Crippen LogP contribution in [0.3, 0.4) is 0 Å². The quantitative estimate of drug-likeness (QED) is 0.794. The van der Waals surface area contributed by atoms with Crippen molar-refractivity contribution in [2.45, 2.75) is 6.18 Å². The first-order chi connectivity index (χ1) is 7.47. The first-order valence-corrected chi connectivity index (χ1v) is 4.14. The molecule has 0 aromatic carbocycles. The van der Waals surface area contributed by atoms with Gasteiger partial charge in [0, 0.05) is 6.20 Å². The zero-order valence-electron chi connectivity index (χ0n) is 7.69. The molecule has 16 heavy (non-hydrogen) atoms. The molecule has 1 N–H and O–H groups in total. The number of H-pyrrole nitrogens is 1. The molecule has 2 heterocycles. The fourth-order valence-electron chi connectivity index (χ4n) is 1.08. The minimum Gasteiger partial charge on any atom is -0.244 e. The molecule has 0 spiro atoms. The van der Waals surface area contributed by atoms with E-state index in [0.717, 1.165) is 23.1 Å². The Labute approximate surface area is 86.6 Å². The lowest BCUT2D eigenvalue weighted by Crippen LogP contribution is -2.08. The van der Waals surface area contributed by atoms with Gasteiger partial charge in [-0.15, -0.1) is 0 Å². The van der Waals surface area contributed by atoms with E-state index in [0.29, 0.717) is 6.20 Å². The molecular formula is C8H5F3N4O. The normalized spacial score (nSPS) is 11.7. The van der Waals surface area contributed by atoms with Crippen molar-refractivity contribution < 1.29 is 13.2 Å². The molecule has 0 radical (unpaired) electrons. The first kappa shape index (κ1) is 10.4. The van der Waals surface area contributed by atoms with E-state index in [9.17, 15) is 18.0 Å². The molecular weight excluding hydrogens is 225 g/mol. The fourth-order valence-corrected chi connectivity index (χ4v) is 1.08. The average Bonchev–Trinajstić information content (AvgIpc) is 2.64. The van der Waals surface area contributed by atoms with Gasteiger partial charge in [0.2, 0.25) is 0 Å². The third-order valence-electron chi connectivity index (χ3n) is 1.83. The van der Waals surface area contributed by atoms with Gasteiger partial charge in [-0.2, -0.15) is 18.2 Å². The maximum atomic E-state index is 12.2. The highest BCUT2D eigenvalue weighted by atomic mass is 19.4. The molecule has 84 valence electrons. The molecule has 0 aliphatic carbocycles. The van der Waals surface area contributed by atoms with Gasteiger partial charge < -0.3 is 0 Å². The summed E-state index contributed by atoms with van der Waals surface area (Å²) in [5, 5.41) is 2.26. The van der Waals surface area contributed by atoms with Crippen LogP contribution in [-0.2, 0) is 6.18 Å². The van der Waals surface area contributed by atoms with Gasteiger partial charge in [0.05, 0.1) is 5.56 Å². The molecule has 0 aliphatic rings. The van der Waals surface area contributed by atoms with Gasteiger partial charge in [0.1, 0.15) is 6.33 Å². The Bertz CT molecular complexity index is 539. The monoisotopic (exact) mass is 230 g/mol. The maximum Gasteiger partial charge on any atom is 0.417 e. The van der Waals surface area contributed by atoms with Crippen LogP contribution >= 0.6 is 0 Å². The van der Waals surface area contributed by atoms with Crippen LogP contribution in [0.4, 0.5) is 13.2 Å². The van der Waals surface area contributed by atoms with Crippen LogP contribution in [0.25, 0.3) is 5.82 Å². The Morgan fingerprint density at radius 1 is 1.25 bits per heavy atom. The van der Waals surface area contributed by atoms with Crippen LogP contribution in [0.2, 0.25) is 0 Å². The minimum atomic E-state index is -4.42. The van der Waals surface area contributed by atoms with Crippen molar-refractivity contribution in [1.29, 1.82) is 0 Å². The minimum absolute atomic E-state index is 0.155. The van der Waals surface area contributed by atoms with Gasteiger partial charge in [0.15, 0.2) is 5.82 Å². The number of halogens is 3. The molecule has 0 bridgehead atoms. The summed E-state index contributed by atoms with van der Waals surface area (Å²) in [4.78, 5) is 17.6. The standard InChI is InChI=1S/C8H5F3N4O/c9-8(10,11)5-1-2-6(12-3-5)15-4-13-7(16)14-15/h1-4H,(H,14,16). The molecule has 2 aromatic rings. The summed E-state index contributed by atoms with van der Waals surface area (Å²) in [6.45, 7) is 0. The number of nitrogens with one attached hydrogen (secondary N) is 1. The number of hydrogen-bond donors (Lipinski definition) is 1. The Kier molecular flexibility index (Phi) is 2.26. The van der Waals surface area contributed by atoms with E-state index in [1.165, 1.54) is 0 Å². The molecule has 0 atom stereocenters. The van der Waals surface area contributed by atoms with Crippen molar-refractivity contribution in [3.8, 4) is 5.82 Å². The Hall–Kier alpha value is -2.12. The second kappa shape index (κ2) is 3.47. The number of aromatic amines is 1. The van der Waals surface area contributed by atoms with E-state index in [-0.39, 0.29) is 5.82 Å². The summed E-state index contributed by atoms with van der Waals surface area (Å²) in [6.07, 6.45) is -2.60. The zero-order chi connectivity index (χ0) is 11.8. The van der Waals surface area contributed by atoms with E-state index in [4.69, 9.17) is 0 Å². The molecule has 0 fully saturated rings. The third-order valence-corrected chi connectivity index (χ3v) is 1.83. The molecule has 0 unspecified atom stereocenters. The Morgan fingerprint density at radius 3 is 2.44 bits per heavy atom. The largest absolute Gasteiger partial charge is 0.417 e. The lowest BCUT2D eigenvalue weighted by atomic mass is 10.3. The van der Waals surface area contributed by atoms with Crippen LogP contribution in [0.1, 0.15) is 5.56 Å². The third kappa shape index (κ3) is 1.95. The van der Waals surface area contributed by atoms with Crippen molar-refractivity contribution in [3.63, 3.8) is 0 Å². The van der Waals surface area contributed by atoms with Crippen molar-refractivity contribution in [2.75, 3.05) is 0 Å². The molecule has 0 saturated carbocycles. The second-order valence-corrected chi connectivity index (χ2v) is 2.93. The van der Waals surface area contributed by atoms with Crippen LogP contribution in [0, 0.1) is 0 Å². The molecule has 5 nitrogen and oxygen atoms in total. The molecule has 2 aromatic heterocycles.